The van der Waals surface area contributed by atoms with E-state index in [9.17, 15) is 0 Å². The predicted molar refractivity (Wildman–Crippen MR) is 78.0 cm³/mol. The first-order valence-corrected chi connectivity index (χ1v) is 7.53. The molecule has 6 heteroatoms. The topological polar surface area (TPSA) is 43.4 Å². The Labute approximate surface area is 122 Å². The minimum atomic E-state index is 0.663. The van der Waals surface area contributed by atoms with E-state index < -0.39 is 0 Å². The molecule has 120 valence electrons. The summed E-state index contributed by atoms with van der Waals surface area (Å²) >= 11 is 0. The van der Waals surface area contributed by atoms with Gasteiger partial charge in [-0.15, -0.1) is 0 Å². The summed E-state index contributed by atoms with van der Waals surface area (Å²) in [5.74, 6) is 0. The largest absolute Gasteiger partial charge is 0.383 e. The van der Waals surface area contributed by atoms with E-state index in [0.717, 1.165) is 59.2 Å². The lowest BCUT2D eigenvalue weighted by atomic mass is 10.4. The molecule has 1 aliphatic heterocycles. The zero-order valence-corrected chi connectivity index (χ0v) is 13.0. The molecule has 0 aromatic carbocycles. The van der Waals surface area contributed by atoms with E-state index in [1.54, 1.807) is 7.11 Å². The maximum Gasteiger partial charge on any atom is 0.0991 e. The molecule has 0 radical (unpaired) electrons. The Bertz CT molecular complexity index is 219. The first-order chi connectivity index (χ1) is 9.86. The van der Waals surface area contributed by atoms with Crippen LogP contribution in [0, 0.1) is 0 Å². The maximum absolute atomic E-state index is 5.74. The maximum atomic E-state index is 5.74. The summed E-state index contributed by atoms with van der Waals surface area (Å²) in [6, 6.07) is 0. The highest BCUT2D eigenvalue weighted by atomic mass is 16.5. The number of hydrogen-bond donors (Lipinski definition) is 0. The Hall–Kier alpha value is -0.240. The SMILES string of the molecule is CCN1CCOCCOCCN(CCOC)CCOC1. The fraction of sp³-hybridized carbons (Fsp3) is 1.00. The fourth-order valence-electron chi connectivity index (χ4n) is 1.97. The van der Waals surface area contributed by atoms with Crippen molar-refractivity contribution in [3.8, 4) is 0 Å². The summed E-state index contributed by atoms with van der Waals surface area (Å²) < 4.78 is 22.0. The van der Waals surface area contributed by atoms with Gasteiger partial charge in [0.1, 0.15) is 0 Å². The van der Waals surface area contributed by atoms with Crippen LogP contribution in [0.15, 0.2) is 0 Å². The van der Waals surface area contributed by atoms with Gasteiger partial charge in [0.25, 0.3) is 0 Å². The summed E-state index contributed by atoms with van der Waals surface area (Å²) in [5, 5.41) is 0. The third-order valence-corrected chi connectivity index (χ3v) is 3.36. The van der Waals surface area contributed by atoms with E-state index in [4.69, 9.17) is 18.9 Å². The third-order valence-electron chi connectivity index (χ3n) is 3.36. The Morgan fingerprint density at radius 3 is 2.05 bits per heavy atom. The lowest BCUT2D eigenvalue weighted by Gasteiger charge is -2.24. The number of likely N-dealkylation sites (N-methyl/N-ethyl adjacent to an activating group) is 1. The minimum absolute atomic E-state index is 0.663. The standard InChI is InChI=1S/C14H30N2O4/c1-3-15-5-9-18-12-13-19-10-6-16(4-8-17-2)7-11-20-14-15/h3-14H2,1-2H3. The number of ether oxygens (including phenoxy) is 4. The van der Waals surface area contributed by atoms with Crippen molar-refractivity contribution < 1.29 is 18.9 Å². The quantitative estimate of drug-likeness (QED) is 0.741. The van der Waals surface area contributed by atoms with Crippen LogP contribution in [-0.4, -0.2) is 96.0 Å². The number of nitrogens with zero attached hydrogens (tertiary/aromatic N) is 2. The molecule has 0 spiro atoms. The van der Waals surface area contributed by atoms with Crippen LogP contribution in [-0.2, 0) is 18.9 Å². The van der Waals surface area contributed by atoms with E-state index in [-0.39, 0.29) is 0 Å². The molecular weight excluding hydrogens is 260 g/mol. The molecule has 0 unspecified atom stereocenters. The van der Waals surface area contributed by atoms with Crippen molar-refractivity contribution in [3.05, 3.63) is 0 Å². The second kappa shape index (κ2) is 12.5. The number of rotatable bonds is 4. The highest BCUT2D eigenvalue weighted by Gasteiger charge is 2.07. The smallest absolute Gasteiger partial charge is 0.0991 e. The minimum Gasteiger partial charge on any atom is -0.383 e. The first kappa shape index (κ1) is 17.8. The molecule has 1 aliphatic rings. The lowest BCUT2D eigenvalue weighted by molar-refractivity contribution is -0.0174. The van der Waals surface area contributed by atoms with Crippen LogP contribution in [0.2, 0.25) is 0 Å². The highest BCUT2D eigenvalue weighted by Crippen LogP contribution is 1.95. The van der Waals surface area contributed by atoms with E-state index in [0.29, 0.717) is 19.9 Å². The van der Waals surface area contributed by atoms with Crippen LogP contribution in [0.5, 0.6) is 0 Å². The van der Waals surface area contributed by atoms with Gasteiger partial charge < -0.3 is 18.9 Å². The van der Waals surface area contributed by atoms with Gasteiger partial charge in [-0.2, -0.15) is 0 Å². The van der Waals surface area contributed by atoms with Crippen molar-refractivity contribution in [1.29, 1.82) is 0 Å². The lowest BCUT2D eigenvalue weighted by Crippen LogP contribution is -2.36. The second-order valence-electron chi connectivity index (χ2n) is 4.81. The molecule has 6 nitrogen and oxygen atoms in total. The van der Waals surface area contributed by atoms with Gasteiger partial charge in [-0.1, -0.05) is 6.92 Å². The van der Waals surface area contributed by atoms with Crippen molar-refractivity contribution >= 4 is 0 Å². The predicted octanol–water partition coefficient (Wildman–Crippen LogP) is 0.278. The Balaban J connectivity index is 2.32. The Kier molecular flexibility index (Phi) is 11.1. The van der Waals surface area contributed by atoms with E-state index in [1.807, 2.05) is 0 Å². The number of hydrogen-bond acceptors (Lipinski definition) is 6. The Morgan fingerprint density at radius 1 is 0.850 bits per heavy atom. The Morgan fingerprint density at radius 2 is 1.45 bits per heavy atom. The summed E-state index contributed by atoms with van der Waals surface area (Å²) in [4.78, 5) is 4.55. The number of methoxy groups -OCH3 is 1. The molecular formula is C14H30N2O4. The summed E-state index contributed by atoms with van der Waals surface area (Å²) in [6.45, 7) is 11.7. The van der Waals surface area contributed by atoms with Crippen molar-refractivity contribution in [2.75, 3.05) is 86.2 Å². The van der Waals surface area contributed by atoms with Gasteiger partial charge >= 0.3 is 0 Å². The molecule has 1 fully saturated rings. The molecule has 0 aliphatic carbocycles. The zero-order chi connectivity index (χ0) is 14.5. The van der Waals surface area contributed by atoms with Crippen LogP contribution >= 0.6 is 0 Å². The van der Waals surface area contributed by atoms with Crippen LogP contribution < -0.4 is 0 Å². The molecule has 1 heterocycles. The molecule has 0 atom stereocenters. The van der Waals surface area contributed by atoms with Gasteiger partial charge in [-0.05, 0) is 6.54 Å². The van der Waals surface area contributed by atoms with Gasteiger partial charge in [0.2, 0.25) is 0 Å². The highest BCUT2D eigenvalue weighted by molar-refractivity contribution is 4.58. The van der Waals surface area contributed by atoms with Gasteiger partial charge in [-0.3, -0.25) is 9.80 Å². The average Bonchev–Trinajstić information content (AvgIpc) is 2.48. The molecule has 0 saturated carbocycles. The van der Waals surface area contributed by atoms with Crippen molar-refractivity contribution in [2.45, 2.75) is 6.92 Å². The van der Waals surface area contributed by atoms with Crippen molar-refractivity contribution in [2.24, 2.45) is 0 Å². The molecule has 1 rings (SSSR count). The molecule has 0 N–H and O–H groups in total. The van der Waals surface area contributed by atoms with E-state index >= 15 is 0 Å². The van der Waals surface area contributed by atoms with Crippen LogP contribution in [0.25, 0.3) is 0 Å². The molecule has 0 aromatic rings. The van der Waals surface area contributed by atoms with Crippen LogP contribution in [0.3, 0.4) is 0 Å². The third kappa shape index (κ3) is 8.84. The summed E-state index contributed by atoms with van der Waals surface area (Å²) in [5.41, 5.74) is 0. The molecule has 0 bridgehead atoms. The van der Waals surface area contributed by atoms with Gasteiger partial charge in [0.05, 0.1) is 46.4 Å². The monoisotopic (exact) mass is 290 g/mol. The first-order valence-electron chi connectivity index (χ1n) is 7.53. The van der Waals surface area contributed by atoms with Crippen LogP contribution in [0.1, 0.15) is 6.92 Å². The van der Waals surface area contributed by atoms with E-state index in [1.165, 1.54) is 0 Å². The zero-order valence-electron chi connectivity index (χ0n) is 13.0. The second-order valence-corrected chi connectivity index (χ2v) is 4.81. The van der Waals surface area contributed by atoms with Crippen molar-refractivity contribution in [1.82, 2.24) is 9.80 Å². The van der Waals surface area contributed by atoms with Gasteiger partial charge in [0.15, 0.2) is 0 Å². The average molecular weight is 290 g/mol. The van der Waals surface area contributed by atoms with Crippen molar-refractivity contribution in [3.63, 3.8) is 0 Å². The molecule has 1 saturated heterocycles. The fourth-order valence-corrected chi connectivity index (χ4v) is 1.97. The van der Waals surface area contributed by atoms with Crippen LogP contribution in [0.4, 0.5) is 0 Å². The van der Waals surface area contributed by atoms with Gasteiger partial charge in [-0.25, -0.2) is 0 Å². The van der Waals surface area contributed by atoms with E-state index in [2.05, 4.69) is 16.7 Å². The normalized spacial score (nSPS) is 22.5. The van der Waals surface area contributed by atoms with Gasteiger partial charge in [0, 0.05) is 33.3 Å². The summed E-state index contributed by atoms with van der Waals surface area (Å²) in [7, 11) is 1.73. The molecule has 0 aromatic heterocycles. The molecule has 0 amide bonds. The molecule has 20 heavy (non-hydrogen) atoms. The summed E-state index contributed by atoms with van der Waals surface area (Å²) in [6.07, 6.45) is 0.